The molecule has 0 saturated heterocycles. The van der Waals surface area contributed by atoms with Crippen LogP contribution in [0.15, 0.2) is 46.8 Å². The molecule has 9 heteroatoms. The van der Waals surface area contributed by atoms with Gasteiger partial charge in [-0.05, 0) is 40.9 Å². The van der Waals surface area contributed by atoms with Crippen molar-refractivity contribution in [3.63, 3.8) is 0 Å². The number of likely N-dealkylation sites (N-methyl/N-ethyl adjacent to an activating group) is 1. The van der Waals surface area contributed by atoms with Gasteiger partial charge >= 0.3 is 0 Å². The number of nitrogens with one attached hydrogen (secondary N) is 1. The molecule has 1 N–H and O–H groups in total. The van der Waals surface area contributed by atoms with Crippen molar-refractivity contribution in [1.82, 2.24) is 20.2 Å². The van der Waals surface area contributed by atoms with Crippen LogP contribution in [0, 0.1) is 0 Å². The summed E-state index contributed by atoms with van der Waals surface area (Å²) in [6.07, 6.45) is 4.95. The number of carbonyl (C=O) groups is 1. The molecule has 0 radical (unpaired) electrons. The largest absolute Gasteiger partial charge is 0.335 e. The fraction of sp³-hybridized carbons (Fsp3) is 0.222. The fourth-order valence-electron chi connectivity index (χ4n) is 3.10. The van der Waals surface area contributed by atoms with Gasteiger partial charge in [-0.1, -0.05) is 6.58 Å². The van der Waals surface area contributed by atoms with Gasteiger partial charge in [-0.3, -0.25) is 9.78 Å². The molecule has 0 spiro atoms. The van der Waals surface area contributed by atoms with E-state index in [1.165, 1.54) is 17.7 Å². The summed E-state index contributed by atoms with van der Waals surface area (Å²) >= 11 is 5.01. The highest BCUT2D eigenvalue weighted by Gasteiger charge is 2.27. The molecular formula is C18H17BrN6OS. The van der Waals surface area contributed by atoms with Gasteiger partial charge in [0.1, 0.15) is 17.9 Å². The van der Waals surface area contributed by atoms with Gasteiger partial charge in [0.15, 0.2) is 5.82 Å². The van der Waals surface area contributed by atoms with E-state index in [4.69, 9.17) is 0 Å². The molecule has 1 aliphatic rings. The highest BCUT2D eigenvalue weighted by molar-refractivity contribution is 9.10. The third kappa shape index (κ3) is 3.28. The number of allylic oxidation sites excluding steroid dienone is 1. The fourth-order valence-corrected chi connectivity index (χ4v) is 4.81. The average Bonchev–Trinajstić information content (AvgIpc) is 3.32. The maximum Gasteiger partial charge on any atom is 0.247 e. The number of H-pyrrole nitrogens is 1. The van der Waals surface area contributed by atoms with Crippen molar-refractivity contribution in [2.45, 2.75) is 12.8 Å². The lowest BCUT2D eigenvalue weighted by molar-refractivity contribution is -0.117. The summed E-state index contributed by atoms with van der Waals surface area (Å²) in [5, 5.41) is 10.7. The van der Waals surface area contributed by atoms with Crippen molar-refractivity contribution < 1.29 is 4.79 Å². The van der Waals surface area contributed by atoms with Crippen molar-refractivity contribution in [1.29, 1.82) is 0 Å². The summed E-state index contributed by atoms with van der Waals surface area (Å²) in [6, 6.07) is 3.87. The number of rotatable bonds is 4. The normalized spacial score (nSPS) is 13.6. The number of hydrogen-bond donors (Lipinski definition) is 1. The van der Waals surface area contributed by atoms with Gasteiger partial charge in [-0.25, -0.2) is 0 Å². The molecule has 4 heterocycles. The standard InChI is InChI=1S/C18H17BrN6OS/c1-11-5-6-13-14(4-3-7-20-13)25(11)8-15(26)24(2)18-16(12(19)9-27-18)17-21-10-22-23-17/h3-4,7,9-10H,1,5-6,8H2,2H3,(H,21,22,23). The molecule has 138 valence electrons. The van der Waals surface area contributed by atoms with Gasteiger partial charge in [0.25, 0.3) is 0 Å². The first-order valence-electron chi connectivity index (χ1n) is 8.35. The predicted octanol–water partition coefficient (Wildman–Crippen LogP) is 3.62. The molecule has 0 saturated carbocycles. The molecule has 0 unspecified atom stereocenters. The summed E-state index contributed by atoms with van der Waals surface area (Å²) in [6.45, 7) is 4.35. The van der Waals surface area contributed by atoms with Crippen LogP contribution in [0.25, 0.3) is 11.4 Å². The Morgan fingerprint density at radius 2 is 2.33 bits per heavy atom. The lowest BCUT2D eigenvalue weighted by Crippen LogP contribution is -2.39. The predicted molar refractivity (Wildman–Crippen MR) is 110 cm³/mol. The number of nitrogens with zero attached hydrogens (tertiary/aromatic N) is 5. The van der Waals surface area contributed by atoms with Gasteiger partial charge in [0, 0.05) is 28.8 Å². The van der Waals surface area contributed by atoms with Crippen LogP contribution in [0.3, 0.4) is 0 Å². The Kier molecular flexibility index (Phi) is 4.79. The molecule has 0 fully saturated rings. The van der Waals surface area contributed by atoms with Crippen LogP contribution in [0.1, 0.15) is 12.1 Å². The number of pyridine rings is 1. The first-order chi connectivity index (χ1) is 13.1. The van der Waals surface area contributed by atoms with Crippen molar-refractivity contribution in [3.05, 3.63) is 52.5 Å². The number of aromatic amines is 1. The van der Waals surface area contributed by atoms with Crippen molar-refractivity contribution in [2.75, 3.05) is 23.4 Å². The number of carbonyl (C=O) groups excluding carboxylic acids is 1. The minimum Gasteiger partial charge on any atom is -0.335 e. The number of anilines is 2. The van der Waals surface area contributed by atoms with Gasteiger partial charge in [0.2, 0.25) is 5.91 Å². The lowest BCUT2D eigenvalue weighted by Gasteiger charge is -2.33. The molecule has 0 atom stereocenters. The Bertz CT molecular complexity index is 999. The van der Waals surface area contributed by atoms with Gasteiger partial charge in [-0.15, -0.1) is 21.5 Å². The van der Waals surface area contributed by atoms with Crippen LogP contribution in [-0.4, -0.2) is 39.7 Å². The summed E-state index contributed by atoms with van der Waals surface area (Å²) in [7, 11) is 1.78. The summed E-state index contributed by atoms with van der Waals surface area (Å²) < 4.78 is 0.871. The highest BCUT2D eigenvalue weighted by Crippen LogP contribution is 2.41. The van der Waals surface area contributed by atoms with Crippen LogP contribution >= 0.6 is 27.3 Å². The average molecular weight is 445 g/mol. The molecule has 0 bridgehead atoms. The first kappa shape index (κ1) is 17.9. The minimum atomic E-state index is -0.0389. The molecule has 0 aliphatic carbocycles. The second kappa shape index (κ2) is 7.24. The number of aromatic nitrogens is 4. The number of hydrogen-bond acceptors (Lipinski definition) is 6. The molecule has 1 aliphatic heterocycles. The lowest BCUT2D eigenvalue weighted by atomic mass is 10.0. The van der Waals surface area contributed by atoms with Gasteiger partial charge in [0.05, 0.1) is 16.9 Å². The van der Waals surface area contributed by atoms with Crippen LogP contribution in [-0.2, 0) is 11.2 Å². The molecule has 3 aromatic rings. The SMILES string of the molecule is C=C1CCc2ncccc2N1CC(=O)N(C)c1scc(Br)c1-c1nnc[nH]1. The van der Waals surface area contributed by atoms with E-state index in [-0.39, 0.29) is 12.5 Å². The molecular weight excluding hydrogens is 428 g/mol. The monoisotopic (exact) mass is 444 g/mol. The third-order valence-corrected chi connectivity index (χ3v) is 6.52. The molecule has 3 aromatic heterocycles. The molecule has 4 rings (SSSR count). The van der Waals surface area contributed by atoms with E-state index in [2.05, 4.69) is 42.7 Å². The number of thiophene rings is 1. The van der Waals surface area contributed by atoms with E-state index in [0.717, 1.165) is 45.0 Å². The zero-order valence-corrected chi connectivity index (χ0v) is 17.0. The van der Waals surface area contributed by atoms with E-state index in [0.29, 0.717) is 5.82 Å². The Morgan fingerprint density at radius 3 is 3.11 bits per heavy atom. The number of aryl methyl sites for hydroxylation is 1. The smallest absolute Gasteiger partial charge is 0.247 e. The van der Waals surface area contributed by atoms with Crippen LogP contribution < -0.4 is 9.80 Å². The van der Waals surface area contributed by atoms with Crippen LogP contribution in [0.5, 0.6) is 0 Å². The van der Waals surface area contributed by atoms with Gasteiger partial charge in [-0.2, -0.15) is 0 Å². The van der Waals surface area contributed by atoms with Crippen LogP contribution in [0.2, 0.25) is 0 Å². The topological polar surface area (TPSA) is 78.0 Å². The van der Waals surface area contributed by atoms with E-state index < -0.39 is 0 Å². The molecule has 0 aromatic carbocycles. The molecule has 27 heavy (non-hydrogen) atoms. The van der Waals surface area contributed by atoms with E-state index >= 15 is 0 Å². The molecule has 1 amide bonds. The Morgan fingerprint density at radius 1 is 1.48 bits per heavy atom. The highest BCUT2D eigenvalue weighted by atomic mass is 79.9. The zero-order valence-electron chi connectivity index (χ0n) is 14.6. The van der Waals surface area contributed by atoms with Crippen LogP contribution in [0.4, 0.5) is 10.7 Å². The van der Waals surface area contributed by atoms with Crippen molar-refractivity contribution in [3.8, 4) is 11.4 Å². The summed E-state index contributed by atoms with van der Waals surface area (Å²) in [4.78, 5) is 24.1. The maximum atomic E-state index is 13.1. The maximum absolute atomic E-state index is 13.1. The van der Waals surface area contributed by atoms with E-state index in [9.17, 15) is 4.79 Å². The van der Waals surface area contributed by atoms with E-state index in [1.54, 1.807) is 18.1 Å². The Hall–Kier alpha value is -2.52. The number of halogens is 1. The first-order valence-corrected chi connectivity index (χ1v) is 10.0. The summed E-state index contributed by atoms with van der Waals surface area (Å²) in [5.41, 5.74) is 3.72. The Labute approximate surface area is 168 Å². The van der Waals surface area contributed by atoms with Crippen molar-refractivity contribution in [2.24, 2.45) is 0 Å². The molecule has 7 nitrogen and oxygen atoms in total. The quantitative estimate of drug-likeness (QED) is 0.664. The zero-order chi connectivity index (χ0) is 19.0. The summed E-state index contributed by atoms with van der Waals surface area (Å²) in [5.74, 6) is 0.581. The van der Waals surface area contributed by atoms with E-state index in [1.807, 2.05) is 22.4 Å². The van der Waals surface area contributed by atoms with Crippen molar-refractivity contribution >= 4 is 43.9 Å². The second-order valence-corrected chi connectivity index (χ2v) is 7.89. The minimum absolute atomic E-state index is 0.0389. The second-order valence-electron chi connectivity index (χ2n) is 6.18. The number of fused-ring (bicyclic) bond motifs is 1. The third-order valence-electron chi connectivity index (χ3n) is 4.54. The van der Waals surface area contributed by atoms with Gasteiger partial charge < -0.3 is 14.8 Å². The Balaban J connectivity index is 1.61. The number of amides is 1.